The molecule has 0 amide bonds. The van der Waals surface area contributed by atoms with Gasteiger partial charge in [0.15, 0.2) is 0 Å². The molecule has 0 aromatic heterocycles. The second-order valence-corrected chi connectivity index (χ2v) is 4.41. The van der Waals surface area contributed by atoms with Crippen molar-refractivity contribution in [1.29, 1.82) is 0 Å². The highest BCUT2D eigenvalue weighted by molar-refractivity contribution is 14.1. The van der Waals surface area contributed by atoms with Crippen molar-refractivity contribution in [3.8, 4) is 0 Å². The number of benzene rings is 1. The first kappa shape index (κ1) is 11.0. The van der Waals surface area contributed by atoms with Crippen molar-refractivity contribution in [2.45, 2.75) is 26.3 Å². The first-order chi connectivity index (χ1) is 6.33. The zero-order chi connectivity index (χ0) is 9.52. The van der Waals surface area contributed by atoms with Crippen LogP contribution in [0.1, 0.15) is 25.3 Å². The molecule has 0 aliphatic heterocycles. The third-order valence-corrected chi connectivity index (χ3v) is 2.60. The summed E-state index contributed by atoms with van der Waals surface area (Å²) in [6.07, 6.45) is 2.53. The van der Waals surface area contributed by atoms with Gasteiger partial charge in [0.1, 0.15) is 0 Å². The van der Waals surface area contributed by atoms with Crippen LogP contribution < -0.4 is 5.32 Å². The molecule has 0 fully saturated rings. The zero-order valence-corrected chi connectivity index (χ0v) is 10.2. The van der Waals surface area contributed by atoms with Crippen LogP contribution in [0.2, 0.25) is 0 Å². The molecule has 0 spiro atoms. The van der Waals surface area contributed by atoms with Gasteiger partial charge in [0.05, 0.1) is 0 Å². The Bertz CT molecular complexity index is 248. The van der Waals surface area contributed by atoms with Gasteiger partial charge in [-0.25, -0.2) is 0 Å². The fourth-order valence-electron chi connectivity index (χ4n) is 1.18. The molecule has 13 heavy (non-hydrogen) atoms. The lowest BCUT2D eigenvalue weighted by Crippen LogP contribution is -2.14. The molecule has 0 aliphatic rings. The van der Waals surface area contributed by atoms with Crippen molar-refractivity contribution in [3.63, 3.8) is 0 Å². The quantitative estimate of drug-likeness (QED) is 0.648. The topological polar surface area (TPSA) is 12.0 Å². The Kier molecular flexibility index (Phi) is 5.39. The van der Waals surface area contributed by atoms with E-state index in [1.54, 1.807) is 0 Å². The number of unbranched alkanes of at least 4 members (excludes halogenated alkanes) is 1. The molecule has 0 radical (unpaired) electrons. The average molecular weight is 287 g/mol. The molecule has 0 saturated carbocycles. The van der Waals surface area contributed by atoms with Crippen molar-refractivity contribution < 1.29 is 0 Å². The van der Waals surface area contributed by atoms with Gasteiger partial charge in [-0.1, -0.05) is 25.5 Å². The van der Waals surface area contributed by atoms with Crippen LogP contribution in [0.25, 0.3) is 0 Å². The summed E-state index contributed by atoms with van der Waals surface area (Å²) in [6.45, 7) is 4.34. The summed E-state index contributed by atoms with van der Waals surface area (Å²) in [5, 5.41) is 3.43. The van der Waals surface area contributed by atoms with Crippen molar-refractivity contribution in [2.24, 2.45) is 0 Å². The van der Waals surface area contributed by atoms with Gasteiger partial charge in [-0.2, -0.15) is 0 Å². The van der Waals surface area contributed by atoms with E-state index < -0.39 is 0 Å². The van der Waals surface area contributed by atoms with Gasteiger partial charge in [0.2, 0.25) is 0 Å². The smallest absolute Gasteiger partial charge is 0.0205 e. The summed E-state index contributed by atoms with van der Waals surface area (Å²) < 4.78 is 1.31. The van der Waals surface area contributed by atoms with Crippen LogP contribution in [0.15, 0.2) is 24.3 Å². The largest absolute Gasteiger partial charge is 0.313 e. The highest BCUT2D eigenvalue weighted by atomic mass is 125. The zero-order valence-electron chi connectivity index (χ0n) is 8.02. The minimum atomic E-state index is 0.997. The lowest BCUT2D eigenvalue weighted by molar-refractivity contribution is 0.641. The summed E-state index contributed by atoms with van der Waals surface area (Å²) in [5.41, 5.74) is 1.38. The molecular formula is C11H16IN. The third kappa shape index (κ3) is 4.62. The van der Waals surface area contributed by atoms with E-state index in [9.17, 15) is 0 Å². The molecule has 0 heterocycles. The van der Waals surface area contributed by atoms with Gasteiger partial charge in [-0.3, -0.25) is 0 Å². The minimum absolute atomic E-state index is 0.997. The number of halogens is 1. The molecule has 2 heteroatoms. The van der Waals surface area contributed by atoms with Crippen LogP contribution in [0.3, 0.4) is 0 Å². The Morgan fingerprint density at radius 1 is 1.38 bits per heavy atom. The van der Waals surface area contributed by atoms with Gasteiger partial charge in [-0.05, 0) is 53.3 Å². The normalized spacial score (nSPS) is 10.3. The average Bonchev–Trinajstić information content (AvgIpc) is 2.13. The first-order valence-electron chi connectivity index (χ1n) is 4.78. The van der Waals surface area contributed by atoms with E-state index in [0.29, 0.717) is 0 Å². The Balaban J connectivity index is 2.28. The maximum Gasteiger partial charge on any atom is 0.0205 e. The van der Waals surface area contributed by atoms with Gasteiger partial charge in [0, 0.05) is 10.1 Å². The second-order valence-electron chi connectivity index (χ2n) is 3.16. The van der Waals surface area contributed by atoms with Crippen LogP contribution >= 0.6 is 22.6 Å². The standard InChI is InChI=1S/C11H16IN/c1-2-3-7-13-9-10-5-4-6-11(12)8-10/h4-6,8,13H,2-3,7,9H2,1H3/i12-2. The number of hydrogen-bond acceptors (Lipinski definition) is 1. The lowest BCUT2D eigenvalue weighted by Gasteiger charge is -2.03. The first-order valence-corrected chi connectivity index (χ1v) is 5.86. The third-order valence-electron chi connectivity index (χ3n) is 1.93. The van der Waals surface area contributed by atoms with Crippen LogP contribution in [0.4, 0.5) is 0 Å². The highest BCUT2D eigenvalue weighted by Crippen LogP contribution is 2.07. The number of rotatable bonds is 5. The van der Waals surface area contributed by atoms with Crippen LogP contribution in [0, 0.1) is 3.57 Å². The molecule has 0 aliphatic carbocycles. The molecule has 1 aromatic carbocycles. The minimum Gasteiger partial charge on any atom is -0.313 e. The van der Waals surface area contributed by atoms with Crippen LogP contribution in [-0.4, -0.2) is 6.54 Å². The van der Waals surface area contributed by atoms with Crippen molar-refractivity contribution in [1.82, 2.24) is 5.32 Å². The summed E-state index contributed by atoms with van der Waals surface area (Å²) in [4.78, 5) is 0. The van der Waals surface area contributed by atoms with Crippen molar-refractivity contribution in [3.05, 3.63) is 33.4 Å². The van der Waals surface area contributed by atoms with Crippen LogP contribution in [-0.2, 0) is 6.54 Å². The van der Waals surface area contributed by atoms with Crippen molar-refractivity contribution >= 4 is 22.6 Å². The van der Waals surface area contributed by atoms with Gasteiger partial charge in [-0.15, -0.1) is 0 Å². The molecule has 1 aromatic rings. The van der Waals surface area contributed by atoms with Gasteiger partial charge < -0.3 is 5.32 Å². The monoisotopic (exact) mass is 287 g/mol. The summed E-state index contributed by atoms with van der Waals surface area (Å²) in [5.74, 6) is 0. The Morgan fingerprint density at radius 2 is 2.23 bits per heavy atom. The Labute approximate surface area is 94.1 Å². The summed E-state index contributed by atoms with van der Waals surface area (Å²) in [6, 6.07) is 8.62. The van der Waals surface area contributed by atoms with E-state index in [2.05, 4.69) is 59.1 Å². The molecule has 72 valence electrons. The summed E-state index contributed by atoms with van der Waals surface area (Å²) in [7, 11) is 0. The summed E-state index contributed by atoms with van der Waals surface area (Å²) >= 11 is 2.35. The van der Waals surface area contributed by atoms with E-state index in [-0.39, 0.29) is 0 Å². The molecule has 0 saturated heterocycles. The van der Waals surface area contributed by atoms with Crippen LogP contribution in [0.5, 0.6) is 0 Å². The van der Waals surface area contributed by atoms with E-state index in [4.69, 9.17) is 0 Å². The lowest BCUT2D eigenvalue weighted by atomic mass is 10.2. The molecule has 0 unspecified atom stereocenters. The molecule has 0 bridgehead atoms. The van der Waals surface area contributed by atoms with Gasteiger partial charge in [0.25, 0.3) is 0 Å². The molecular weight excluding hydrogens is 271 g/mol. The van der Waals surface area contributed by atoms with E-state index >= 15 is 0 Å². The fraction of sp³-hybridized carbons (Fsp3) is 0.455. The SMILES string of the molecule is CCCCNCc1cccc([125I])c1. The van der Waals surface area contributed by atoms with Crippen molar-refractivity contribution in [2.75, 3.05) is 6.54 Å². The highest BCUT2D eigenvalue weighted by Gasteiger charge is 1.92. The maximum atomic E-state index is 3.43. The van der Waals surface area contributed by atoms with E-state index in [0.717, 1.165) is 13.1 Å². The van der Waals surface area contributed by atoms with Gasteiger partial charge >= 0.3 is 0 Å². The number of nitrogens with one attached hydrogen (secondary N) is 1. The predicted octanol–water partition coefficient (Wildman–Crippen LogP) is 3.18. The van der Waals surface area contributed by atoms with E-state index in [1.807, 2.05) is 0 Å². The second kappa shape index (κ2) is 6.38. The molecule has 1 rings (SSSR count). The maximum absolute atomic E-state index is 3.43. The predicted molar refractivity (Wildman–Crippen MR) is 65.8 cm³/mol. The number of hydrogen-bond donors (Lipinski definition) is 1. The van der Waals surface area contributed by atoms with E-state index in [1.165, 1.54) is 22.0 Å². The molecule has 1 N–H and O–H groups in total. The Morgan fingerprint density at radius 3 is 2.92 bits per heavy atom. The molecule has 0 atom stereocenters. The fourth-order valence-corrected chi connectivity index (χ4v) is 1.79. The molecule has 1 nitrogen and oxygen atoms in total. The Hall–Kier alpha value is -0.0900.